The molecule has 0 bridgehead atoms. The van der Waals surface area contributed by atoms with Crippen molar-refractivity contribution < 1.29 is 4.42 Å². The van der Waals surface area contributed by atoms with Gasteiger partial charge in [-0.1, -0.05) is 78.9 Å². The summed E-state index contributed by atoms with van der Waals surface area (Å²) >= 11 is 0. The molecule has 7 aromatic carbocycles. The van der Waals surface area contributed by atoms with Crippen LogP contribution in [0.2, 0.25) is 0 Å². The predicted octanol–water partition coefficient (Wildman–Crippen LogP) is 11.4. The highest BCUT2D eigenvalue weighted by atomic mass is 16.3. The van der Waals surface area contributed by atoms with Crippen LogP contribution in [0.15, 0.2) is 156 Å². The Labute approximate surface area is 283 Å². The van der Waals surface area contributed by atoms with Crippen molar-refractivity contribution in [2.24, 2.45) is 0 Å². The number of rotatable bonds is 3. The molecule has 49 heavy (non-hydrogen) atoms. The first-order valence-electron chi connectivity index (χ1n) is 16.6. The Balaban J connectivity index is 1.15. The van der Waals surface area contributed by atoms with Gasteiger partial charge in [-0.15, -0.1) is 0 Å². The average Bonchev–Trinajstić information content (AvgIpc) is 3.64. The van der Waals surface area contributed by atoms with Gasteiger partial charge in [-0.2, -0.15) is 5.26 Å². The molecule has 0 radical (unpaired) electrons. The number of nitriles is 1. The predicted molar refractivity (Wildman–Crippen MR) is 200 cm³/mol. The fourth-order valence-electron chi connectivity index (χ4n) is 7.77. The van der Waals surface area contributed by atoms with Crippen LogP contribution in [-0.4, -0.2) is 4.57 Å². The second-order valence-electron chi connectivity index (χ2n) is 12.9. The third-order valence-corrected chi connectivity index (χ3v) is 10.1. The number of fused-ring (bicyclic) bond motifs is 9. The zero-order valence-electron chi connectivity index (χ0n) is 26.6. The maximum absolute atomic E-state index is 9.65. The van der Waals surface area contributed by atoms with Crippen molar-refractivity contribution in [1.29, 1.82) is 5.26 Å². The Bertz CT molecular complexity index is 2800. The van der Waals surface area contributed by atoms with Gasteiger partial charge in [-0.05, 0) is 106 Å². The van der Waals surface area contributed by atoms with Crippen LogP contribution >= 0.6 is 0 Å². The number of anilines is 1. The van der Waals surface area contributed by atoms with Crippen molar-refractivity contribution in [3.05, 3.63) is 168 Å². The molecule has 2 aromatic heterocycles. The quantitative estimate of drug-likeness (QED) is 0.196. The van der Waals surface area contributed by atoms with Gasteiger partial charge in [-0.25, -0.2) is 0 Å². The topological polar surface area (TPSA) is 45.1 Å². The van der Waals surface area contributed by atoms with Crippen molar-refractivity contribution >= 4 is 49.4 Å². The number of benzene rings is 7. The van der Waals surface area contributed by atoms with Crippen LogP contribution in [0.1, 0.15) is 16.7 Å². The Kier molecular flexibility index (Phi) is 6.03. The highest BCUT2D eigenvalue weighted by molar-refractivity contribution is 6.10. The van der Waals surface area contributed by atoms with E-state index in [1.54, 1.807) is 0 Å². The van der Waals surface area contributed by atoms with E-state index in [9.17, 15) is 5.26 Å². The standard InChI is InChI=1S/C45H29N3O/c46-26-29-14-21-43-41(22-29)37-10-4-6-12-42(37)48(43)35-18-15-32-27-47(34-8-2-1-3-9-34)28-33-23-30(16-19-36(33)40(32)25-35)31-17-20-39-38-11-5-7-13-44(38)49-45(39)24-31/h1-25H,27-28H2. The summed E-state index contributed by atoms with van der Waals surface area (Å²) in [5.41, 5.74) is 14.4. The van der Waals surface area contributed by atoms with Crippen molar-refractivity contribution in [2.75, 3.05) is 4.90 Å². The van der Waals surface area contributed by atoms with Gasteiger partial charge in [0.2, 0.25) is 0 Å². The zero-order valence-corrected chi connectivity index (χ0v) is 26.6. The lowest BCUT2D eigenvalue weighted by atomic mass is 9.92. The lowest BCUT2D eigenvalue weighted by molar-refractivity contribution is 0.669. The van der Waals surface area contributed by atoms with Crippen molar-refractivity contribution in [3.63, 3.8) is 0 Å². The molecule has 3 heterocycles. The minimum absolute atomic E-state index is 0.669. The molecule has 0 fully saturated rings. The minimum Gasteiger partial charge on any atom is -0.456 e. The molecule has 0 aliphatic carbocycles. The van der Waals surface area contributed by atoms with Gasteiger partial charge in [0, 0.05) is 46.0 Å². The van der Waals surface area contributed by atoms with Crippen molar-refractivity contribution in [3.8, 4) is 34.0 Å². The van der Waals surface area contributed by atoms with Gasteiger partial charge < -0.3 is 13.9 Å². The monoisotopic (exact) mass is 627 g/mol. The van der Waals surface area contributed by atoms with Gasteiger partial charge in [-0.3, -0.25) is 0 Å². The Morgan fingerprint density at radius 2 is 1.22 bits per heavy atom. The van der Waals surface area contributed by atoms with Crippen LogP contribution in [-0.2, 0) is 13.1 Å². The van der Waals surface area contributed by atoms with Gasteiger partial charge in [0.05, 0.1) is 22.7 Å². The van der Waals surface area contributed by atoms with E-state index in [0.29, 0.717) is 5.56 Å². The average molecular weight is 628 g/mol. The number of aromatic nitrogens is 1. The lowest BCUT2D eigenvalue weighted by Gasteiger charge is -2.24. The molecule has 230 valence electrons. The Morgan fingerprint density at radius 3 is 2.12 bits per heavy atom. The molecule has 0 atom stereocenters. The van der Waals surface area contributed by atoms with E-state index < -0.39 is 0 Å². The largest absolute Gasteiger partial charge is 0.456 e. The molecule has 0 saturated carbocycles. The van der Waals surface area contributed by atoms with Gasteiger partial charge >= 0.3 is 0 Å². The molecule has 4 heteroatoms. The molecular weight excluding hydrogens is 599 g/mol. The maximum Gasteiger partial charge on any atom is 0.136 e. The maximum atomic E-state index is 9.65. The van der Waals surface area contributed by atoms with Gasteiger partial charge in [0.1, 0.15) is 11.2 Å². The normalized spacial score (nSPS) is 12.7. The summed E-state index contributed by atoms with van der Waals surface area (Å²) in [6.07, 6.45) is 0. The van der Waals surface area contributed by atoms with Crippen LogP contribution in [0.3, 0.4) is 0 Å². The van der Waals surface area contributed by atoms with Crippen LogP contribution in [0.5, 0.6) is 0 Å². The molecule has 0 amide bonds. The molecule has 1 aliphatic rings. The molecular formula is C45H29N3O. The summed E-state index contributed by atoms with van der Waals surface area (Å²) in [5, 5.41) is 14.2. The second-order valence-corrected chi connectivity index (χ2v) is 12.9. The number of hydrogen-bond acceptors (Lipinski definition) is 3. The van der Waals surface area contributed by atoms with E-state index in [0.717, 1.165) is 68.1 Å². The molecule has 1 aliphatic heterocycles. The SMILES string of the molecule is N#Cc1ccc2c(c1)c1ccccc1n2-c1ccc2c(c1)-c1ccc(-c3ccc4c(c3)oc3ccccc34)cc1CN(c1ccccc1)C2. The van der Waals surface area contributed by atoms with E-state index in [2.05, 4.69) is 143 Å². The Hall–Kier alpha value is -6.57. The van der Waals surface area contributed by atoms with Crippen molar-refractivity contribution in [2.45, 2.75) is 13.1 Å². The highest BCUT2D eigenvalue weighted by Crippen LogP contribution is 2.40. The molecule has 9 aromatic rings. The fraction of sp³-hybridized carbons (Fsp3) is 0.0444. The fourth-order valence-corrected chi connectivity index (χ4v) is 7.77. The molecule has 0 saturated heterocycles. The summed E-state index contributed by atoms with van der Waals surface area (Å²) in [7, 11) is 0. The first kappa shape index (κ1) is 27.5. The third-order valence-electron chi connectivity index (χ3n) is 10.1. The molecule has 0 unspecified atom stereocenters. The smallest absolute Gasteiger partial charge is 0.136 e. The van der Waals surface area contributed by atoms with Crippen LogP contribution in [0, 0.1) is 11.3 Å². The van der Waals surface area contributed by atoms with E-state index in [-0.39, 0.29) is 0 Å². The molecule has 0 N–H and O–H groups in total. The zero-order chi connectivity index (χ0) is 32.5. The van der Waals surface area contributed by atoms with Crippen LogP contribution in [0.25, 0.3) is 71.7 Å². The van der Waals surface area contributed by atoms with Crippen molar-refractivity contribution in [1.82, 2.24) is 4.57 Å². The molecule has 4 nitrogen and oxygen atoms in total. The van der Waals surface area contributed by atoms with E-state index in [1.807, 2.05) is 24.3 Å². The first-order valence-corrected chi connectivity index (χ1v) is 16.6. The van der Waals surface area contributed by atoms with E-state index >= 15 is 0 Å². The minimum atomic E-state index is 0.669. The number of nitrogens with zero attached hydrogens (tertiary/aromatic N) is 3. The van der Waals surface area contributed by atoms with Gasteiger partial charge in [0.25, 0.3) is 0 Å². The van der Waals surface area contributed by atoms with Crippen LogP contribution < -0.4 is 4.90 Å². The molecule has 0 spiro atoms. The number of hydrogen-bond donors (Lipinski definition) is 0. The molecule has 10 rings (SSSR count). The second kappa shape index (κ2) is 10.7. The summed E-state index contributed by atoms with van der Waals surface area (Å²) in [6, 6.07) is 56.1. The van der Waals surface area contributed by atoms with Gasteiger partial charge in [0.15, 0.2) is 0 Å². The highest BCUT2D eigenvalue weighted by Gasteiger charge is 2.22. The summed E-state index contributed by atoms with van der Waals surface area (Å²) in [6.45, 7) is 1.59. The summed E-state index contributed by atoms with van der Waals surface area (Å²) < 4.78 is 8.60. The van der Waals surface area contributed by atoms with E-state index in [1.165, 1.54) is 33.5 Å². The summed E-state index contributed by atoms with van der Waals surface area (Å²) in [5.74, 6) is 0. The first-order chi connectivity index (χ1) is 24.2. The number of para-hydroxylation sites is 3. The third kappa shape index (κ3) is 4.37. The number of furan rings is 1. The van der Waals surface area contributed by atoms with E-state index in [4.69, 9.17) is 4.42 Å². The summed E-state index contributed by atoms with van der Waals surface area (Å²) in [4.78, 5) is 2.47. The Morgan fingerprint density at radius 1 is 0.490 bits per heavy atom. The van der Waals surface area contributed by atoms with Crippen LogP contribution in [0.4, 0.5) is 5.69 Å². The lowest BCUT2D eigenvalue weighted by Crippen LogP contribution is -2.20.